The van der Waals surface area contributed by atoms with E-state index in [1.165, 1.54) is 0 Å². The Kier molecular flexibility index (Phi) is 4.40. The van der Waals surface area contributed by atoms with E-state index in [1.807, 2.05) is 42.5 Å². The SMILES string of the molecule is Oc1ccc2c(c1)OC(c1ccc(O)cc1OCc1ccccc1)CC2. The molecule has 1 atom stereocenters. The van der Waals surface area contributed by atoms with Gasteiger partial charge in [-0.2, -0.15) is 0 Å². The molecule has 0 bridgehead atoms. The second-order valence-electron chi connectivity index (χ2n) is 6.43. The van der Waals surface area contributed by atoms with Crippen LogP contribution in [0, 0.1) is 0 Å². The molecule has 1 unspecified atom stereocenters. The van der Waals surface area contributed by atoms with Crippen LogP contribution in [0.5, 0.6) is 23.0 Å². The maximum atomic E-state index is 9.87. The van der Waals surface area contributed by atoms with Crippen LogP contribution in [0.3, 0.4) is 0 Å². The Morgan fingerprint density at radius 1 is 0.923 bits per heavy atom. The number of phenolic OH excluding ortho intramolecular Hbond substituents is 2. The minimum atomic E-state index is -0.185. The highest BCUT2D eigenvalue weighted by Crippen LogP contribution is 2.40. The van der Waals surface area contributed by atoms with Crippen molar-refractivity contribution in [1.82, 2.24) is 0 Å². The molecule has 0 spiro atoms. The number of ether oxygens (including phenoxy) is 2. The normalized spacial score (nSPS) is 15.8. The van der Waals surface area contributed by atoms with Gasteiger partial charge in [-0.1, -0.05) is 36.4 Å². The van der Waals surface area contributed by atoms with E-state index in [-0.39, 0.29) is 17.6 Å². The fourth-order valence-electron chi connectivity index (χ4n) is 3.23. The van der Waals surface area contributed by atoms with Gasteiger partial charge in [0.05, 0.1) is 0 Å². The van der Waals surface area contributed by atoms with Gasteiger partial charge in [0.2, 0.25) is 0 Å². The standard InChI is InChI=1S/C22H20O4/c23-17-8-6-16-7-11-20(26-21(16)12-17)19-10-9-18(24)13-22(19)25-14-15-4-2-1-3-5-15/h1-6,8-10,12-13,20,23-24H,7,11,14H2. The number of aromatic hydroxyl groups is 2. The molecule has 3 aromatic rings. The van der Waals surface area contributed by atoms with Crippen molar-refractivity contribution in [3.63, 3.8) is 0 Å². The molecular formula is C22H20O4. The third-order valence-corrected chi connectivity index (χ3v) is 4.58. The van der Waals surface area contributed by atoms with Gasteiger partial charge in [-0.25, -0.2) is 0 Å². The molecule has 1 aliphatic rings. The summed E-state index contributed by atoms with van der Waals surface area (Å²) in [4.78, 5) is 0. The van der Waals surface area contributed by atoms with E-state index in [4.69, 9.17) is 9.47 Å². The first kappa shape index (κ1) is 16.3. The van der Waals surface area contributed by atoms with Crippen LogP contribution in [-0.4, -0.2) is 10.2 Å². The molecule has 3 aromatic carbocycles. The second-order valence-corrected chi connectivity index (χ2v) is 6.43. The van der Waals surface area contributed by atoms with Crippen molar-refractivity contribution in [1.29, 1.82) is 0 Å². The van der Waals surface area contributed by atoms with Crippen LogP contribution in [0.15, 0.2) is 66.7 Å². The molecule has 2 N–H and O–H groups in total. The zero-order valence-electron chi connectivity index (χ0n) is 14.3. The molecule has 0 aliphatic carbocycles. The van der Waals surface area contributed by atoms with Gasteiger partial charge in [0.1, 0.15) is 35.7 Å². The third kappa shape index (κ3) is 3.45. The number of rotatable bonds is 4. The van der Waals surface area contributed by atoms with Gasteiger partial charge in [-0.3, -0.25) is 0 Å². The molecule has 4 heteroatoms. The Balaban J connectivity index is 1.58. The average Bonchev–Trinajstić information content (AvgIpc) is 2.66. The molecule has 0 fully saturated rings. The van der Waals surface area contributed by atoms with Crippen LogP contribution >= 0.6 is 0 Å². The third-order valence-electron chi connectivity index (χ3n) is 4.58. The zero-order chi connectivity index (χ0) is 17.9. The van der Waals surface area contributed by atoms with Crippen LogP contribution in [0.2, 0.25) is 0 Å². The molecule has 4 nitrogen and oxygen atoms in total. The fraction of sp³-hybridized carbons (Fsp3) is 0.182. The molecule has 4 rings (SSSR count). The first-order valence-electron chi connectivity index (χ1n) is 8.67. The maximum Gasteiger partial charge on any atom is 0.130 e. The summed E-state index contributed by atoms with van der Waals surface area (Å²) in [6.07, 6.45) is 1.49. The van der Waals surface area contributed by atoms with Crippen molar-refractivity contribution >= 4 is 0 Å². The highest BCUT2D eigenvalue weighted by Gasteiger charge is 2.24. The Labute approximate surface area is 152 Å². The van der Waals surface area contributed by atoms with Gasteiger partial charge in [-0.05, 0) is 42.2 Å². The van der Waals surface area contributed by atoms with E-state index in [0.717, 1.165) is 29.5 Å². The average molecular weight is 348 g/mol. The molecule has 0 amide bonds. The van der Waals surface area contributed by atoms with Gasteiger partial charge in [-0.15, -0.1) is 0 Å². The summed E-state index contributed by atoms with van der Waals surface area (Å²) >= 11 is 0. The van der Waals surface area contributed by atoms with Crippen LogP contribution < -0.4 is 9.47 Å². The molecular weight excluding hydrogens is 328 g/mol. The number of hydrogen-bond acceptors (Lipinski definition) is 4. The smallest absolute Gasteiger partial charge is 0.130 e. The van der Waals surface area contributed by atoms with Crippen molar-refractivity contribution in [2.24, 2.45) is 0 Å². The van der Waals surface area contributed by atoms with Crippen LogP contribution in [0.25, 0.3) is 0 Å². The summed E-state index contributed by atoms with van der Waals surface area (Å²) in [5.41, 5.74) is 3.04. The van der Waals surface area contributed by atoms with E-state index in [0.29, 0.717) is 18.1 Å². The van der Waals surface area contributed by atoms with Crippen LogP contribution in [0.1, 0.15) is 29.2 Å². The van der Waals surface area contributed by atoms with Gasteiger partial charge >= 0.3 is 0 Å². The Hall–Kier alpha value is -3.14. The molecule has 26 heavy (non-hydrogen) atoms. The largest absolute Gasteiger partial charge is 0.508 e. The number of fused-ring (bicyclic) bond motifs is 1. The van der Waals surface area contributed by atoms with E-state index in [9.17, 15) is 10.2 Å². The van der Waals surface area contributed by atoms with Gasteiger partial charge < -0.3 is 19.7 Å². The van der Waals surface area contributed by atoms with E-state index >= 15 is 0 Å². The Morgan fingerprint density at radius 2 is 1.69 bits per heavy atom. The predicted octanol–water partition coefficient (Wildman–Crippen LogP) is 4.74. The van der Waals surface area contributed by atoms with Crippen molar-refractivity contribution in [2.45, 2.75) is 25.6 Å². The Morgan fingerprint density at radius 3 is 2.54 bits per heavy atom. The molecule has 0 saturated heterocycles. The number of benzene rings is 3. The number of hydrogen-bond donors (Lipinski definition) is 2. The first-order chi connectivity index (χ1) is 12.7. The molecule has 0 aromatic heterocycles. The minimum absolute atomic E-state index is 0.158. The van der Waals surface area contributed by atoms with Crippen molar-refractivity contribution < 1.29 is 19.7 Å². The first-order valence-corrected chi connectivity index (χ1v) is 8.67. The highest BCUT2D eigenvalue weighted by atomic mass is 16.5. The number of aryl methyl sites for hydroxylation is 1. The number of phenols is 2. The van der Waals surface area contributed by atoms with Crippen molar-refractivity contribution in [3.05, 3.63) is 83.4 Å². The van der Waals surface area contributed by atoms with Crippen molar-refractivity contribution in [3.8, 4) is 23.0 Å². The van der Waals surface area contributed by atoms with Gasteiger partial charge in [0.15, 0.2) is 0 Å². The maximum absolute atomic E-state index is 9.87. The molecule has 132 valence electrons. The van der Waals surface area contributed by atoms with Gasteiger partial charge in [0.25, 0.3) is 0 Å². The summed E-state index contributed by atoms with van der Waals surface area (Å²) in [7, 11) is 0. The summed E-state index contributed by atoms with van der Waals surface area (Å²) in [6, 6.07) is 20.2. The van der Waals surface area contributed by atoms with E-state index in [2.05, 4.69) is 0 Å². The summed E-state index contributed by atoms with van der Waals surface area (Å²) in [5.74, 6) is 1.66. The fourth-order valence-corrected chi connectivity index (χ4v) is 3.23. The predicted molar refractivity (Wildman–Crippen MR) is 98.7 cm³/mol. The van der Waals surface area contributed by atoms with E-state index in [1.54, 1.807) is 24.3 Å². The molecule has 0 radical (unpaired) electrons. The van der Waals surface area contributed by atoms with Crippen LogP contribution in [-0.2, 0) is 13.0 Å². The van der Waals surface area contributed by atoms with Crippen molar-refractivity contribution in [2.75, 3.05) is 0 Å². The summed E-state index contributed by atoms with van der Waals surface area (Å²) in [5, 5.41) is 19.6. The Bertz CT molecular complexity index is 905. The topological polar surface area (TPSA) is 58.9 Å². The second kappa shape index (κ2) is 7.00. The summed E-state index contributed by atoms with van der Waals surface area (Å²) in [6.45, 7) is 0.418. The lowest BCUT2D eigenvalue weighted by molar-refractivity contribution is 0.169. The lowest BCUT2D eigenvalue weighted by Crippen LogP contribution is -2.16. The lowest BCUT2D eigenvalue weighted by atomic mass is 9.96. The molecule has 1 heterocycles. The zero-order valence-corrected chi connectivity index (χ0v) is 14.3. The van der Waals surface area contributed by atoms with Crippen LogP contribution in [0.4, 0.5) is 0 Å². The molecule has 0 saturated carbocycles. The summed E-state index contributed by atoms with van der Waals surface area (Å²) < 4.78 is 12.1. The van der Waals surface area contributed by atoms with E-state index < -0.39 is 0 Å². The monoisotopic (exact) mass is 348 g/mol. The lowest BCUT2D eigenvalue weighted by Gasteiger charge is -2.28. The minimum Gasteiger partial charge on any atom is -0.508 e. The quantitative estimate of drug-likeness (QED) is 0.715. The highest BCUT2D eigenvalue weighted by molar-refractivity contribution is 5.46. The molecule has 1 aliphatic heterocycles. The van der Waals surface area contributed by atoms with Gasteiger partial charge in [0, 0.05) is 17.7 Å².